The molecule has 3 nitrogen and oxygen atoms in total. The van der Waals surface area contributed by atoms with Crippen LogP contribution in [0, 0.1) is 5.92 Å². The van der Waals surface area contributed by atoms with E-state index in [4.69, 9.17) is 4.74 Å². The number of nitrogens with one attached hydrogen (secondary N) is 1. The summed E-state index contributed by atoms with van der Waals surface area (Å²) in [5, 5.41) is 3.51. The van der Waals surface area contributed by atoms with Gasteiger partial charge in [0.2, 0.25) is 0 Å². The summed E-state index contributed by atoms with van der Waals surface area (Å²) >= 11 is 0. The van der Waals surface area contributed by atoms with E-state index in [9.17, 15) is 0 Å². The Morgan fingerprint density at radius 2 is 2.27 bits per heavy atom. The highest BCUT2D eigenvalue weighted by Crippen LogP contribution is 2.10. The molecule has 64 valence electrons. The molecule has 0 aromatic rings. The van der Waals surface area contributed by atoms with Crippen LogP contribution in [-0.4, -0.2) is 50.8 Å². The van der Waals surface area contributed by atoms with Gasteiger partial charge in [-0.3, -0.25) is 0 Å². The lowest BCUT2D eigenvalue weighted by molar-refractivity contribution is 0.0710. The molecule has 2 heterocycles. The second-order valence-electron chi connectivity index (χ2n) is 3.73. The Morgan fingerprint density at radius 1 is 1.36 bits per heavy atom. The van der Waals surface area contributed by atoms with Gasteiger partial charge in [-0.2, -0.15) is 0 Å². The summed E-state index contributed by atoms with van der Waals surface area (Å²) in [5.41, 5.74) is 0. The predicted molar refractivity (Wildman–Crippen MR) is 43.6 cm³/mol. The minimum absolute atomic E-state index is 0.562. The summed E-state index contributed by atoms with van der Waals surface area (Å²) in [6.07, 6.45) is 0. The van der Waals surface area contributed by atoms with Crippen molar-refractivity contribution in [2.24, 2.45) is 5.92 Å². The SMILES string of the molecule is CN1CC2CNC(COC2)C1. The fraction of sp³-hybridized carbons (Fsp3) is 1.00. The topological polar surface area (TPSA) is 24.5 Å². The van der Waals surface area contributed by atoms with Crippen LogP contribution in [0.3, 0.4) is 0 Å². The fourth-order valence-corrected chi connectivity index (χ4v) is 1.95. The Kier molecular flexibility index (Phi) is 2.11. The summed E-state index contributed by atoms with van der Waals surface area (Å²) in [7, 11) is 2.19. The van der Waals surface area contributed by atoms with Gasteiger partial charge in [0.15, 0.2) is 0 Å². The van der Waals surface area contributed by atoms with Crippen molar-refractivity contribution in [2.75, 3.05) is 39.9 Å². The zero-order valence-electron chi connectivity index (χ0n) is 7.05. The van der Waals surface area contributed by atoms with E-state index in [2.05, 4.69) is 17.3 Å². The first-order valence-electron chi connectivity index (χ1n) is 4.34. The molecule has 2 fully saturated rings. The molecule has 2 aliphatic heterocycles. The average Bonchev–Trinajstić information content (AvgIpc) is 2.19. The standard InChI is InChI=1S/C8H16N2O/c1-10-3-7-2-9-8(4-10)6-11-5-7/h7-9H,2-6H2,1H3. The number of ether oxygens (including phenoxy) is 1. The van der Waals surface area contributed by atoms with Gasteiger partial charge in [0, 0.05) is 31.6 Å². The van der Waals surface area contributed by atoms with E-state index in [-0.39, 0.29) is 0 Å². The zero-order chi connectivity index (χ0) is 7.68. The second kappa shape index (κ2) is 3.09. The van der Waals surface area contributed by atoms with E-state index in [1.54, 1.807) is 0 Å². The molecule has 2 saturated heterocycles. The van der Waals surface area contributed by atoms with Crippen molar-refractivity contribution in [3.63, 3.8) is 0 Å². The molecule has 3 heteroatoms. The van der Waals surface area contributed by atoms with Gasteiger partial charge in [0.25, 0.3) is 0 Å². The van der Waals surface area contributed by atoms with Gasteiger partial charge in [0.05, 0.1) is 13.2 Å². The van der Waals surface area contributed by atoms with Crippen molar-refractivity contribution < 1.29 is 4.74 Å². The second-order valence-corrected chi connectivity index (χ2v) is 3.73. The Morgan fingerprint density at radius 3 is 3.18 bits per heavy atom. The molecule has 0 radical (unpaired) electrons. The number of rotatable bonds is 0. The van der Waals surface area contributed by atoms with Crippen molar-refractivity contribution in [2.45, 2.75) is 6.04 Å². The van der Waals surface area contributed by atoms with Crippen molar-refractivity contribution in [1.82, 2.24) is 10.2 Å². The quantitative estimate of drug-likeness (QED) is 0.513. The normalized spacial score (nSPS) is 40.1. The van der Waals surface area contributed by atoms with Crippen LogP contribution in [0.25, 0.3) is 0 Å². The largest absolute Gasteiger partial charge is 0.379 e. The molecule has 11 heavy (non-hydrogen) atoms. The van der Waals surface area contributed by atoms with Crippen LogP contribution >= 0.6 is 0 Å². The molecule has 2 aliphatic rings. The maximum Gasteiger partial charge on any atom is 0.0632 e. The third-order valence-corrected chi connectivity index (χ3v) is 2.47. The highest BCUT2D eigenvalue weighted by atomic mass is 16.5. The summed E-state index contributed by atoms with van der Waals surface area (Å²) < 4.78 is 5.52. The molecule has 0 aromatic heterocycles. The van der Waals surface area contributed by atoms with E-state index in [0.717, 1.165) is 26.3 Å². The van der Waals surface area contributed by atoms with Crippen molar-refractivity contribution in [1.29, 1.82) is 0 Å². The lowest BCUT2D eigenvalue weighted by Crippen LogP contribution is -2.39. The lowest BCUT2D eigenvalue weighted by Gasteiger charge is -2.24. The van der Waals surface area contributed by atoms with Gasteiger partial charge < -0.3 is 15.0 Å². The Balaban J connectivity index is 2.04. The predicted octanol–water partition coefficient (Wildman–Crippen LogP) is -0.464. The van der Waals surface area contributed by atoms with E-state index in [1.807, 2.05) is 0 Å². The van der Waals surface area contributed by atoms with Gasteiger partial charge in [-0.1, -0.05) is 0 Å². The molecule has 1 N–H and O–H groups in total. The highest BCUT2D eigenvalue weighted by molar-refractivity contribution is 4.81. The molecule has 2 rings (SSSR count). The molecular formula is C8H16N2O. The molecule has 2 unspecified atom stereocenters. The average molecular weight is 156 g/mol. The summed E-state index contributed by atoms with van der Waals surface area (Å²) in [5.74, 6) is 0.701. The molecule has 0 aliphatic carbocycles. The maximum absolute atomic E-state index is 5.52. The van der Waals surface area contributed by atoms with Crippen LogP contribution in [0.15, 0.2) is 0 Å². The first-order chi connectivity index (χ1) is 5.34. The first-order valence-corrected chi connectivity index (χ1v) is 4.34. The minimum atomic E-state index is 0.562. The van der Waals surface area contributed by atoms with E-state index in [1.165, 1.54) is 6.54 Å². The molecule has 0 spiro atoms. The fourth-order valence-electron chi connectivity index (χ4n) is 1.95. The van der Waals surface area contributed by atoms with Crippen molar-refractivity contribution in [3.8, 4) is 0 Å². The van der Waals surface area contributed by atoms with Crippen LogP contribution in [0.2, 0.25) is 0 Å². The third kappa shape index (κ3) is 1.72. The van der Waals surface area contributed by atoms with E-state index >= 15 is 0 Å². The molecular weight excluding hydrogens is 140 g/mol. The maximum atomic E-state index is 5.52. The van der Waals surface area contributed by atoms with E-state index in [0.29, 0.717) is 12.0 Å². The smallest absolute Gasteiger partial charge is 0.0632 e. The number of nitrogens with zero attached hydrogens (tertiary/aromatic N) is 1. The Hall–Kier alpha value is -0.120. The van der Waals surface area contributed by atoms with Crippen LogP contribution in [-0.2, 0) is 4.74 Å². The molecule has 2 bridgehead atoms. The zero-order valence-corrected chi connectivity index (χ0v) is 7.05. The molecule has 0 aromatic carbocycles. The van der Waals surface area contributed by atoms with Crippen molar-refractivity contribution >= 4 is 0 Å². The molecule has 2 atom stereocenters. The Bertz CT molecular complexity index is 126. The van der Waals surface area contributed by atoms with Crippen molar-refractivity contribution in [3.05, 3.63) is 0 Å². The summed E-state index contributed by atoms with van der Waals surface area (Å²) in [6, 6.07) is 0.562. The van der Waals surface area contributed by atoms with Gasteiger partial charge in [-0.05, 0) is 7.05 Å². The van der Waals surface area contributed by atoms with Gasteiger partial charge >= 0.3 is 0 Å². The highest BCUT2D eigenvalue weighted by Gasteiger charge is 2.25. The van der Waals surface area contributed by atoms with Gasteiger partial charge in [-0.15, -0.1) is 0 Å². The number of hydrogen-bond donors (Lipinski definition) is 1. The number of likely N-dealkylation sites (N-methyl/N-ethyl adjacent to an activating group) is 1. The number of fused-ring (bicyclic) bond motifs is 3. The molecule has 0 saturated carbocycles. The van der Waals surface area contributed by atoms with Gasteiger partial charge in [0.1, 0.15) is 0 Å². The van der Waals surface area contributed by atoms with E-state index < -0.39 is 0 Å². The summed E-state index contributed by atoms with van der Waals surface area (Å²) in [4.78, 5) is 2.40. The van der Waals surface area contributed by atoms with Crippen LogP contribution < -0.4 is 5.32 Å². The Labute approximate surface area is 67.7 Å². The van der Waals surface area contributed by atoms with Crippen LogP contribution in [0.5, 0.6) is 0 Å². The monoisotopic (exact) mass is 156 g/mol. The first kappa shape index (κ1) is 7.53. The van der Waals surface area contributed by atoms with Crippen LogP contribution in [0.4, 0.5) is 0 Å². The number of hydrogen-bond acceptors (Lipinski definition) is 3. The van der Waals surface area contributed by atoms with Gasteiger partial charge in [-0.25, -0.2) is 0 Å². The lowest BCUT2D eigenvalue weighted by atomic mass is 10.1. The third-order valence-electron chi connectivity index (χ3n) is 2.47. The molecule has 0 amide bonds. The van der Waals surface area contributed by atoms with Crippen LogP contribution in [0.1, 0.15) is 0 Å². The minimum Gasteiger partial charge on any atom is -0.379 e. The summed E-state index contributed by atoms with van der Waals surface area (Å²) in [6.45, 7) is 5.28.